The molecule has 0 radical (unpaired) electrons. The van der Waals surface area contributed by atoms with Gasteiger partial charge in [0, 0.05) is 25.0 Å². The van der Waals surface area contributed by atoms with Crippen LogP contribution in [0.25, 0.3) is 0 Å². The highest BCUT2D eigenvalue weighted by Gasteiger charge is 2.10. The van der Waals surface area contributed by atoms with Crippen LogP contribution in [0, 0.1) is 6.92 Å². The van der Waals surface area contributed by atoms with Gasteiger partial charge in [-0.25, -0.2) is 4.98 Å². The molecule has 0 aliphatic heterocycles. The molecule has 0 unspecified atom stereocenters. The molecule has 0 N–H and O–H groups in total. The molecule has 0 spiro atoms. The van der Waals surface area contributed by atoms with E-state index in [1.807, 2.05) is 19.9 Å². The van der Waals surface area contributed by atoms with Crippen molar-refractivity contribution < 1.29 is 4.74 Å². The second-order valence-electron chi connectivity index (χ2n) is 4.07. The number of aromatic nitrogens is 2. The van der Waals surface area contributed by atoms with E-state index < -0.39 is 0 Å². The van der Waals surface area contributed by atoms with Gasteiger partial charge in [0.25, 0.3) is 0 Å². The zero-order valence-corrected chi connectivity index (χ0v) is 12.2. The normalized spacial score (nSPS) is 10.4. The fourth-order valence-electron chi connectivity index (χ4n) is 1.70. The zero-order valence-electron chi connectivity index (χ0n) is 11.4. The van der Waals surface area contributed by atoms with Gasteiger partial charge in [0.05, 0.1) is 6.61 Å². The summed E-state index contributed by atoms with van der Waals surface area (Å²) in [5.74, 6) is 2.86. The summed E-state index contributed by atoms with van der Waals surface area (Å²) in [4.78, 5) is 10.9. The van der Waals surface area contributed by atoms with Gasteiger partial charge in [-0.15, -0.1) is 11.6 Å². The summed E-state index contributed by atoms with van der Waals surface area (Å²) in [6, 6.07) is 1.89. The van der Waals surface area contributed by atoms with Gasteiger partial charge in [0.15, 0.2) is 0 Å². The van der Waals surface area contributed by atoms with Crippen LogP contribution in [0.15, 0.2) is 6.07 Å². The van der Waals surface area contributed by atoms with Crippen LogP contribution < -0.4 is 9.64 Å². The Hall–Kier alpha value is -1.03. The van der Waals surface area contributed by atoms with Gasteiger partial charge in [-0.05, 0) is 20.3 Å². The second kappa shape index (κ2) is 8.14. The number of rotatable bonds is 8. The Bertz CT molecular complexity index is 360. The summed E-state index contributed by atoms with van der Waals surface area (Å²) >= 11 is 5.85. The fraction of sp³-hybridized carbons (Fsp3) is 0.692. The lowest BCUT2D eigenvalue weighted by Crippen LogP contribution is -2.27. The SMILES string of the molecule is CCCCN(CCCl)c1cc(OCC)nc(C)n1. The lowest BCUT2D eigenvalue weighted by atomic mass is 10.3. The summed E-state index contributed by atoms with van der Waals surface area (Å²) in [7, 11) is 0. The molecule has 1 rings (SSSR count). The standard InChI is InChI=1S/C13H22ClN3O/c1-4-6-8-17(9-7-14)12-10-13(18-5-2)16-11(3)15-12/h10H,4-9H2,1-3H3. The molecule has 0 fully saturated rings. The first-order chi connectivity index (χ1) is 8.71. The lowest BCUT2D eigenvalue weighted by molar-refractivity contribution is 0.325. The first kappa shape index (κ1) is 15.0. The summed E-state index contributed by atoms with van der Waals surface area (Å²) < 4.78 is 5.45. The average molecular weight is 272 g/mol. The third kappa shape index (κ3) is 4.69. The molecule has 102 valence electrons. The van der Waals surface area contributed by atoms with Gasteiger partial charge in [-0.3, -0.25) is 0 Å². The van der Waals surface area contributed by atoms with Gasteiger partial charge >= 0.3 is 0 Å². The first-order valence-electron chi connectivity index (χ1n) is 6.50. The van der Waals surface area contributed by atoms with E-state index in [4.69, 9.17) is 16.3 Å². The molecule has 1 aromatic rings. The highest BCUT2D eigenvalue weighted by molar-refractivity contribution is 6.18. The van der Waals surface area contributed by atoms with Crippen LogP contribution in [0.4, 0.5) is 5.82 Å². The molecule has 0 amide bonds. The van der Waals surface area contributed by atoms with E-state index in [9.17, 15) is 0 Å². The average Bonchev–Trinajstić information content (AvgIpc) is 2.34. The monoisotopic (exact) mass is 271 g/mol. The molecule has 0 aromatic carbocycles. The Balaban J connectivity index is 2.87. The number of alkyl halides is 1. The number of halogens is 1. The van der Waals surface area contributed by atoms with Crippen LogP contribution in [0.1, 0.15) is 32.5 Å². The summed E-state index contributed by atoms with van der Waals surface area (Å²) in [5, 5.41) is 0. The van der Waals surface area contributed by atoms with Crippen LogP contribution in [-0.2, 0) is 0 Å². The molecule has 5 heteroatoms. The third-order valence-electron chi connectivity index (χ3n) is 2.55. The topological polar surface area (TPSA) is 38.2 Å². The molecule has 0 bridgehead atoms. The van der Waals surface area contributed by atoms with Crippen molar-refractivity contribution in [3.63, 3.8) is 0 Å². The highest BCUT2D eigenvalue weighted by atomic mass is 35.5. The van der Waals surface area contributed by atoms with E-state index >= 15 is 0 Å². The highest BCUT2D eigenvalue weighted by Crippen LogP contribution is 2.18. The van der Waals surface area contributed by atoms with Crippen molar-refractivity contribution in [2.75, 3.05) is 30.5 Å². The second-order valence-corrected chi connectivity index (χ2v) is 4.45. The molecule has 0 saturated heterocycles. The largest absolute Gasteiger partial charge is 0.478 e. The molecular formula is C13H22ClN3O. The van der Waals surface area contributed by atoms with Crippen molar-refractivity contribution >= 4 is 17.4 Å². The quantitative estimate of drug-likeness (QED) is 0.681. The van der Waals surface area contributed by atoms with Crippen molar-refractivity contribution in [3.05, 3.63) is 11.9 Å². The van der Waals surface area contributed by atoms with E-state index in [1.54, 1.807) is 0 Å². The minimum Gasteiger partial charge on any atom is -0.478 e. The molecule has 1 heterocycles. The Labute approximate surface area is 114 Å². The molecule has 0 atom stereocenters. The van der Waals surface area contributed by atoms with Crippen molar-refractivity contribution in [2.45, 2.75) is 33.6 Å². The number of unbranched alkanes of at least 4 members (excludes halogenated alkanes) is 1. The number of hydrogen-bond acceptors (Lipinski definition) is 4. The van der Waals surface area contributed by atoms with E-state index in [1.165, 1.54) is 0 Å². The van der Waals surface area contributed by atoms with Crippen LogP contribution in [0.5, 0.6) is 5.88 Å². The number of anilines is 1. The number of nitrogens with zero attached hydrogens (tertiary/aromatic N) is 3. The van der Waals surface area contributed by atoms with Gasteiger partial charge in [-0.1, -0.05) is 13.3 Å². The molecule has 0 aliphatic carbocycles. The maximum atomic E-state index is 5.85. The van der Waals surface area contributed by atoms with Crippen molar-refractivity contribution in [1.29, 1.82) is 0 Å². The maximum Gasteiger partial charge on any atom is 0.218 e. The van der Waals surface area contributed by atoms with E-state index in [0.29, 0.717) is 18.4 Å². The molecule has 4 nitrogen and oxygen atoms in total. The number of ether oxygens (including phenoxy) is 1. The molecular weight excluding hydrogens is 250 g/mol. The van der Waals surface area contributed by atoms with Gasteiger partial charge in [-0.2, -0.15) is 4.98 Å². The number of aryl methyl sites for hydroxylation is 1. The molecule has 0 saturated carbocycles. The minimum absolute atomic E-state index is 0.594. The third-order valence-corrected chi connectivity index (χ3v) is 2.72. The number of hydrogen-bond donors (Lipinski definition) is 0. The molecule has 18 heavy (non-hydrogen) atoms. The van der Waals surface area contributed by atoms with Crippen molar-refractivity contribution in [1.82, 2.24) is 9.97 Å². The fourth-order valence-corrected chi connectivity index (χ4v) is 1.90. The smallest absolute Gasteiger partial charge is 0.218 e. The maximum absolute atomic E-state index is 5.85. The van der Waals surface area contributed by atoms with Crippen molar-refractivity contribution in [2.24, 2.45) is 0 Å². The Morgan fingerprint density at radius 1 is 1.28 bits per heavy atom. The lowest BCUT2D eigenvalue weighted by Gasteiger charge is -2.23. The molecule has 1 aromatic heterocycles. The predicted octanol–water partition coefficient (Wildman–Crippen LogP) is 3.03. The van der Waals surface area contributed by atoms with Gasteiger partial charge in [0.2, 0.25) is 5.88 Å². The summed E-state index contributed by atoms with van der Waals surface area (Å²) in [6.07, 6.45) is 2.28. The summed E-state index contributed by atoms with van der Waals surface area (Å²) in [5.41, 5.74) is 0. The first-order valence-corrected chi connectivity index (χ1v) is 7.04. The van der Waals surface area contributed by atoms with E-state index in [-0.39, 0.29) is 0 Å². The Morgan fingerprint density at radius 3 is 2.67 bits per heavy atom. The van der Waals surface area contributed by atoms with Crippen LogP contribution in [0.3, 0.4) is 0 Å². The van der Waals surface area contributed by atoms with Crippen LogP contribution in [-0.4, -0.2) is 35.5 Å². The van der Waals surface area contributed by atoms with Gasteiger partial charge in [0.1, 0.15) is 11.6 Å². The van der Waals surface area contributed by atoms with Crippen molar-refractivity contribution in [3.8, 4) is 5.88 Å². The van der Waals surface area contributed by atoms with Crippen LogP contribution in [0.2, 0.25) is 0 Å². The van der Waals surface area contributed by atoms with Gasteiger partial charge < -0.3 is 9.64 Å². The van der Waals surface area contributed by atoms with Crippen LogP contribution >= 0.6 is 11.6 Å². The summed E-state index contributed by atoms with van der Waals surface area (Å²) in [6.45, 7) is 8.38. The predicted molar refractivity (Wildman–Crippen MR) is 75.8 cm³/mol. The Kier molecular flexibility index (Phi) is 6.80. The van der Waals surface area contributed by atoms with E-state index in [2.05, 4.69) is 21.8 Å². The van der Waals surface area contributed by atoms with E-state index in [0.717, 1.165) is 37.6 Å². The minimum atomic E-state index is 0.594. The Morgan fingerprint density at radius 2 is 2.06 bits per heavy atom. The zero-order chi connectivity index (χ0) is 13.4. The molecule has 0 aliphatic rings.